The van der Waals surface area contributed by atoms with E-state index in [1.165, 1.54) is 12.1 Å². The van der Waals surface area contributed by atoms with Crippen molar-refractivity contribution in [1.29, 1.82) is 0 Å². The molecular formula is C14H9BrClF4N. The van der Waals surface area contributed by atoms with Crippen molar-refractivity contribution in [2.45, 2.75) is 12.7 Å². The lowest BCUT2D eigenvalue weighted by atomic mass is 10.1. The molecule has 0 saturated carbocycles. The van der Waals surface area contributed by atoms with Gasteiger partial charge in [0.15, 0.2) is 0 Å². The van der Waals surface area contributed by atoms with E-state index in [1.54, 1.807) is 6.07 Å². The van der Waals surface area contributed by atoms with Crippen LogP contribution < -0.4 is 5.32 Å². The van der Waals surface area contributed by atoms with Gasteiger partial charge in [-0.25, -0.2) is 4.39 Å². The van der Waals surface area contributed by atoms with E-state index in [9.17, 15) is 17.6 Å². The highest BCUT2D eigenvalue weighted by molar-refractivity contribution is 9.10. The summed E-state index contributed by atoms with van der Waals surface area (Å²) in [5.74, 6) is -0.503. The van der Waals surface area contributed by atoms with Gasteiger partial charge >= 0.3 is 6.18 Å². The lowest BCUT2D eigenvalue weighted by molar-refractivity contribution is -0.137. The molecule has 7 heteroatoms. The van der Waals surface area contributed by atoms with Gasteiger partial charge in [0.2, 0.25) is 0 Å². The molecule has 0 aliphatic heterocycles. The van der Waals surface area contributed by atoms with Gasteiger partial charge in [0, 0.05) is 11.0 Å². The van der Waals surface area contributed by atoms with Crippen LogP contribution >= 0.6 is 27.5 Å². The number of anilines is 1. The molecule has 2 aromatic carbocycles. The Balaban J connectivity index is 2.18. The van der Waals surface area contributed by atoms with Crippen molar-refractivity contribution in [3.8, 4) is 0 Å². The van der Waals surface area contributed by atoms with E-state index in [2.05, 4.69) is 21.2 Å². The van der Waals surface area contributed by atoms with Crippen LogP contribution in [-0.4, -0.2) is 0 Å². The standard InChI is InChI=1S/C14H9BrClF4N/c15-11-5-10(17)6-12(16)13(11)21-7-8-2-1-3-9(4-8)14(18,19)20/h1-6,21H,7H2. The highest BCUT2D eigenvalue weighted by atomic mass is 79.9. The fraction of sp³-hybridized carbons (Fsp3) is 0.143. The van der Waals surface area contributed by atoms with Crippen LogP contribution in [0.5, 0.6) is 0 Å². The second kappa shape index (κ2) is 6.23. The Morgan fingerprint density at radius 2 is 1.86 bits per heavy atom. The zero-order valence-corrected chi connectivity index (χ0v) is 12.8. The van der Waals surface area contributed by atoms with Crippen LogP contribution in [0.25, 0.3) is 0 Å². The summed E-state index contributed by atoms with van der Waals surface area (Å²) in [6.45, 7) is 0.133. The van der Waals surface area contributed by atoms with Crippen molar-refractivity contribution >= 4 is 33.2 Å². The predicted molar refractivity (Wildman–Crippen MR) is 77.9 cm³/mol. The summed E-state index contributed by atoms with van der Waals surface area (Å²) in [7, 11) is 0. The van der Waals surface area contributed by atoms with Gasteiger partial charge in [-0.1, -0.05) is 23.7 Å². The molecule has 0 unspecified atom stereocenters. The molecule has 0 heterocycles. The molecule has 21 heavy (non-hydrogen) atoms. The summed E-state index contributed by atoms with van der Waals surface area (Å²) in [6.07, 6.45) is -4.38. The summed E-state index contributed by atoms with van der Waals surface area (Å²) in [5, 5.41) is 3.04. The second-order valence-corrected chi connectivity index (χ2v) is 5.56. The maximum absolute atomic E-state index is 13.1. The minimum absolute atomic E-state index is 0.133. The molecule has 0 fully saturated rings. The molecule has 0 amide bonds. The minimum atomic E-state index is -4.38. The van der Waals surface area contributed by atoms with Crippen LogP contribution in [0.3, 0.4) is 0 Å². The molecule has 0 aliphatic rings. The van der Waals surface area contributed by atoms with E-state index in [-0.39, 0.29) is 11.6 Å². The van der Waals surface area contributed by atoms with E-state index < -0.39 is 17.6 Å². The number of alkyl halides is 3. The Morgan fingerprint density at radius 3 is 2.48 bits per heavy atom. The molecule has 0 saturated heterocycles. The average Bonchev–Trinajstić information content (AvgIpc) is 2.36. The number of rotatable bonds is 3. The Bertz CT molecular complexity index is 635. The smallest absolute Gasteiger partial charge is 0.379 e. The fourth-order valence-electron chi connectivity index (χ4n) is 1.76. The van der Waals surface area contributed by atoms with E-state index in [0.29, 0.717) is 15.7 Å². The molecule has 0 aliphatic carbocycles. The first-order chi connectivity index (χ1) is 9.77. The third kappa shape index (κ3) is 4.11. The monoisotopic (exact) mass is 381 g/mol. The summed E-state index contributed by atoms with van der Waals surface area (Å²) in [6, 6.07) is 7.30. The fourth-order valence-corrected chi connectivity index (χ4v) is 2.72. The van der Waals surface area contributed by atoms with Gasteiger partial charge in [-0.05, 0) is 45.8 Å². The molecule has 2 aromatic rings. The van der Waals surface area contributed by atoms with Gasteiger partial charge in [-0.3, -0.25) is 0 Å². The maximum Gasteiger partial charge on any atom is 0.416 e. The van der Waals surface area contributed by atoms with Crippen LogP contribution in [-0.2, 0) is 12.7 Å². The maximum atomic E-state index is 13.1. The molecule has 2 rings (SSSR count). The Labute approximate surface area is 132 Å². The van der Waals surface area contributed by atoms with Crippen LogP contribution in [0, 0.1) is 5.82 Å². The molecule has 0 aromatic heterocycles. The number of halogens is 6. The topological polar surface area (TPSA) is 12.0 Å². The Morgan fingerprint density at radius 1 is 1.14 bits per heavy atom. The Hall–Kier alpha value is -1.27. The number of benzene rings is 2. The highest BCUT2D eigenvalue weighted by Gasteiger charge is 2.30. The first-order valence-electron chi connectivity index (χ1n) is 5.82. The van der Waals surface area contributed by atoms with Crippen molar-refractivity contribution in [2.24, 2.45) is 0 Å². The zero-order chi connectivity index (χ0) is 15.6. The minimum Gasteiger partial charge on any atom is -0.379 e. The van der Waals surface area contributed by atoms with Gasteiger partial charge < -0.3 is 5.32 Å². The molecule has 112 valence electrons. The normalized spacial score (nSPS) is 11.5. The second-order valence-electron chi connectivity index (χ2n) is 4.30. The summed E-state index contributed by atoms with van der Waals surface area (Å²) in [5.41, 5.74) is 0.152. The quantitative estimate of drug-likeness (QED) is 0.654. The molecular weight excluding hydrogens is 374 g/mol. The van der Waals surface area contributed by atoms with Crippen LogP contribution in [0.1, 0.15) is 11.1 Å². The number of hydrogen-bond acceptors (Lipinski definition) is 1. The van der Waals surface area contributed by atoms with Crippen molar-refractivity contribution in [3.05, 3.63) is 62.8 Å². The summed E-state index contributed by atoms with van der Waals surface area (Å²) >= 11 is 9.04. The van der Waals surface area contributed by atoms with Crippen molar-refractivity contribution in [3.63, 3.8) is 0 Å². The third-order valence-corrected chi connectivity index (χ3v) is 3.65. The van der Waals surface area contributed by atoms with Gasteiger partial charge in [-0.15, -0.1) is 0 Å². The van der Waals surface area contributed by atoms with Gasteiger partial charge in [0.1, 0.15) is 5.82 Å². The third-order valence-electron chi connectivity index (χ3n) is 2.73. The highest BCUT2D eigenvalue weighted by Crippen LogP contribution is 2.33. The Kier molecular flexibility index (Phi) is 4.78. The predicted octanol–water partition coefficient (Wildman–Crippen LogP) is 5.87. The van der Waals surface area contributed by atoms with Crippen molar-refractivity contribution in [1.82, 2.24) is 0 Å². The average molecular weight is 383 g/mol. The van der Waals surface area contributed by atoms with Gasteiger partial charge in [-0.2, -0.15) is 13.2 Å². The van der Waals surface area contributed by atoms with E-state index in [1.807, 2.05) is 0 Å². The molecule has 0 radical (unpaired) electrons. The summed E-state index contributed by atoms with van der Waals surface area (Å²) < 4.78 is 51.3. The van der Waals surface area contributed by atoms with E-state index in [0.717, 1.165) is 18.2 Å². The van der Waals surface area contributed by atoms with Gasteiger partial charge in [0.05, 0.1) is 16.3 Å². The molecule has 0 atom stereocenters. The zero-order valence-electron chi connectivity index (χ0n) is 10.4. The van der Waals surface area contributed by atoms with Crippen molar-refractivity contribution in [2.75, 3.05) is 5.32 Å². The lowest BCUT2D eigenvalue weighted by Gasteiger charge is -2.12. The lowest BCUT2D eigenvalue weighted by Crippen LogP contribution is -2.07. The van der Waals surface area contributed by atoms with Gasteiger partial charge in [0.25, 0.3) is 0 Å². The van der Waals surface area contributed by atoms with E-state index >= 15 is 0 Å². The SMILES string of the molecule is Fc1cc(Cl)c(NCc2cccc(C(F)(F)F)c2)c(Br)c1. The first kappa shape index (κ1) is 16.1. The largest absolute Gasteiger partial charge is 0.416 e. The van der Waals surface area contributed by atoms with Crippen LogP contribution in [0.15, 0.2) is 40.9 Å². The molecule has 0 bridgehead atoms. The van der Waals surface area contributed by atoms with Crippen LogP contribution in [0.4, 0.5) is 23.2 Å². The number of hydrogen-bond donors (Lipinski definition) is 1. The number of nitrogens with one attached hydrogen (secondary N) is 1. The molecule has 0 spiro atoms. The van der Waals surface area contributed by atoms with Crippen molar-refractivity contribution < 1.29 is 17.6 Å². The first-order valence-corrected chi connectivity index (χ1v) is 6.99. The molecule has 1 nitrogen and oxygen atoms in total. The van der Waals surface area contributed by atoms with Crippen LogP contribution in [0.2, 0.25) is 5.02 Å². The molecule has 1 N–H and O–H groups in total. The summed E-state index contributed by atoms with van der Waals surface area (Å²) in [4.78, 5) is 0. The van der Waals surface area contributed by atoms with E-state index in [4.69, 9.17) is 11.6 Å².